The second-order valence-electron chi connectivity index (χ2n) is 7.99. The minimum absolute atomic E-state index is 0.282. The number of nitrogens with zero attached hydrogens (tertiary/aromatic N) is 1. The van der Waals surface area contributed by atoms with Crippen LogP contribution in [0.25, 0.3) is 0 Å². The Bertz CT molecular complexity index is 296. The van der Waals surface area contributed by atoms with Crippen LogP contribution in [0.4, 0.5) is 0 Å². The van der Waals surface area contributed by atoms with Gasteiger partial charge in [-0.15, -0.1) is 0 Å². The predicted octanol–water partition coefficient (Wildman–Crippen LogP) is 2.62. The minimum Gasteiger partial charge on any atom is -0.395 e. The standard InChI is InChI=1S/C17H34N2O/c1-17(2,3)14-8-7-13(12-18)16(11-14)19(9-10-20)15-5-4-6-15/h13-16,20H,4-12,18H2,1-3H3. The van der Waals surface area contributed by atoms with Gasteiger partial charge in [-0.25, -0.2) is 0 Å². The monoisotopic (exact) mass is 282 g/mol. The highest BCUT2D eigenvalue weighted by Crippen LogP contribution is 2.43. The molecule has 2 fully saturated rings. The molecule has 0 aromatic heterocycles. The van der Waals surface area contributed by atoms with Gasteiger partial charge in [-0.3, -0.25) is 4.90 Å². The number of hydrogen-bond donors (Lipinski definition) is 2. The summed E-state index contributed by atoms with van der Waals surface area (Å²) in [4.78, 5) is 2.61. The Hall–Kier alpha value is -0.120. The number of aliphatic hydroxyl groups excluding tert-OH is 1. The first-order valence-corrected chi connectivity index (χ1v) is 8.54. The van der Waals surface area contributed by atoms with Gasteiger partial charge in [0.1, 0.15) is 0 Å². The summed E-state index contributed by atoms with van der Waals surface area (Å²) in [5.74, 6) is 1.41. The first-order valence-electron chi connectivity index (χ1n) is 8.54. The molecular formula is C17H34N2O. The fourth-order valence-corrected chi connectivity index (χ4v) is 4.13. The van der Waals surface area contributed by atoms with E-state index in [4.69, 9.17) is 5.73 Å². The molecule has 3 N–H and O–H groups in total. The molecule has 0 amide bonds. The van der Waals surface area contributed by atoms with Gasteiger partial charge in [0.15, 0.2) is 0 Å². The first-order chi connectivity index (χ1) is 9.47. The summed E-state index contributed by atoms with van der Waals surface area (Å²) in [5, 5.41) is 9.45. The number of hydrogen-bond acceptors (Lipinski definition) is 3. The highest BCUT2D eigenvalue weighted by molar-refractivity contribution is 4.94. The molecule has 2 saturated carbocycles. The fraction of sp³-hybridized carbons (Fsp3) is 1.00. The molecule has 3 nitrogen and oxygen atoms in total. The van der Waals surface area contributed by atoms with Crippen molar-refractivity contribution < 1.29 is 5.11 Å². The van der Waals surface area contributed by atoms with E-state index >= 15 is 0 Å². The average Bonchev–Trinajstić information content (AvgIpc) is 2.34. The van der Waals surface area contributed by atoms with Crippen molar-refractivity contribution in [1.29, 1.82) is 0 Å². The largest absolute Gasteiger partial charge is 0.395 e. The third-order valence-electron chi connectivity index (χ3n) is 5.81. The van der Waals surface area contributed by atoms with Crippen molar-refractivity contribution in [3.8, 4) is 0 Å². The van der Waals surface area contributed by atoms with E-state index in [9.17, 15) is 5.11 Å². The average molecular weight is 282 g/mol. The van der Waals surface area contributed by atoms with Gasteiger partial charge in [0.25, 0.3) is 0 Å². The van der Waals surface area contributed by atoms with Gasteiger partial charge in [0.2, 0.25) is 0 Å². The zero-order chi connectivity index (χ0) is 14.8. The van der Waals surface area contributed by atoms with Crippen molar-refractivity contribution in [1.82, 2.24) is 4.90 Å². The summed E-state index contributed by atoms with van der Waals surface area (Å²) in [5.41, 5.74) is 6.44. The van der Waals surface area contributed by atoms with Crippen molar-refractivity contribution >= 4 is 0 Å². The topological polar surface area (TPSA) is 49.5 Å². The molecule has 3 heteroatoms. The van der Waals surface area contributed by atoms with Gasteiger partial charge in [-0.1, -0.05) is 27.2 Å². The molecule has 2 rings (SSSR count). The van der Waals surface area contributed by atoms with E-state index in [1.807, 2.05) is 0 Å². The molecule has 2 aliphatic rings. The van der Waals surface area contributed by atoms with Crippen LogP contribution >= 0.6 is 0 Å². The molecule has 0 saturated heterocycles. The molecule has 20 heavy (non-hydrogen) atoms. The minimum atomic E-state index is 0.282. The molecule has 3 unspecified atom stereocenters. The van der Waals surface area contributed by atoms with Gasteiger partial charge >= 0.3 is 0 Å². The van der Waals surface area contributed by atoms with E-state index in [2.05, 4.69) is 25.7 Å². The van der Waals surface area contributed by atoms with E-state index in [1.165, 1.54) is 38.5 Å². The lowest BCUT2D eigenvalue weighted by atomic mass is 9.67. The third kappa shape index (κ3) is 3.55. The maximum Gasteiger partial charge on any atom is 0.0558 e. The summed E-state index contributed by atoms with van der Waals surface area (Å²) in [7, 11) is 0. The summed E-state index contributed by atoms with van der Waals surface area (Å²) in [6.45, 7) is 9.04. The molecule has 2 aliphatic carbocycles. The predicted molar refractivity (Wildman–Crippen MR) is 84.6 cm³/mol. The maximum atomic E-state index is 9.45. The lowest BCUT2D eigenvalue weighted by Crippen LogP contribution is -2.54. The van der Waals surface area contributed by atoms with E-state index < -0.39 is 0 Å². The zero-order valence-electron chi connectivity index (χ0n) is 13.6. The highest BCUT2D eigenvalue weighted by atomic mass is 16.3. The van der Waals surface area contributed by atoms with E-state index in [0.717, 1.165) is 19.0 Å². The normalized spacial score (nSPS) is 32.4. The van der Waals surface area contributed by atoms with Crippen molar-refractivity contribution in [3.63, 3.8) is 0 Å². The molecule has 3 atom stereocenters. The van der Waals surface area contributed by atoms with Crippen LogP contribution in [-0.4, -0.2) is 41.8 Å². The van der Waals surface area contributed by atoms with Gasteiger partial charge < -0.3 is 10.8 Å². The van der Waals surface area contributed by atoms with E-state index in [-0.39, 0.29) is 6.61 Å². The molecule has 118 valence electrons. The van der Waals surface area contributed by atoms with Gasteiger partial charge in [-0.2, -0.15) is 0 Å². The van der Waals surface area contributed by atoms with Crippen LogP contribution in [0, 0.1) is 17.3 Å². The Balaban J connectivity index is 2.09. The molecule has 0 bridgehead atoms. The van der Waals surface area contributed by atoms with Crippen LogP contribution in [0.15, 0.2) is 0 Å². The number of aliphatic hydroxyl groups is 1. The van der Waals surface area contributed by atoms with E-state index in [0.29, 0.717) is 23.4 Å². The van der Waals surface area contributed by atoms with Gasteiger partial charge in [0.05, 0.1) is 6.61 Å². The Morgan fingerprint density at radius 2 is 1.85 bits per heavy atom. The molecule has 0 radical (unpaired) electrons. The lowest BCUT2D eigenvalue weighted by Gasteiger charge is -2.50. The Morgan fingerprint density at radius 3 is 2.30 bits per heavy atom. The van der Waals surface area contributed by atoms with Crippen molar-refractivity contribution in [2.24, 2.45) is 23.0 Å². The van der Waals surface area contributed by atoms with Crippen LogP contribution in [0.3, 0.4) is 0 Å². The van der Waals surface area contributed by atoms with Crippen LogP contribution in [0.5, 0.6) is 0 Å². The molecule has 0 heterocycles. The highest BCUT2D eigenvalue weighted by Gasteiger charge is 2.40. The van der Waals surface area contributed by atoms with Gasteiger partial charge in [-0.05, 0) is 55.9 Å². The van der Waals surface area contributed by atoms with E-state index in [1.54, 1.807) is 0 Å². The summed E-state index contributed by atoms with van der Waals surface area (Å²) in [6.07, 6.45) is 7.83. The molecular weight excluding hydrogens is 248 g/mol. The maximum absolute atomic E-state index is 9.45. The van der Waals surface area contributed by atoms with Crippen molar-refractivity contribution in [2.45, 2.75) is 71.4 Å². The smallest absolute Gasteiger partial charge is 0.0558 e. The molecule has 0 aromatic rings. The zero-order valence-corrected chi connectivity index (χ0v) is 13.6. The quantitative estimate of drug-likeness (QED) is 0.815. The Labute approximate surface area is 124 Å². The summed E-state index contributed by atoms with van der Waals surface area (Å²) in [6, 6.07) is 1.30. The molecule has 0 aromatic carbocycles. The number of nitrogens with two attached hydrogens (primary N) is 1. The second-order valence-corrected chi connectivity index (χ2v) is 7.99. The van der Waals surface area contributed by atoms with Crippen LogP contribution in [0.1, 0.15) is 59.3 Å². The Kier molecular flexibility index (Phi) is 5.49. The lowest BCUT2D eigenvalue weighted by molar-refractivity contribution is -0.0103. The van der Waals surface area contributed by atoms with Crippen LogP contribution in [-0.2, 0) is 0 Å². The van der Waals surface area contributed by atoms with Crippen molar-refractivity contribution in [3.05, 3.63) is 0 Å². The SMILES string of the molecule is CC(C)(C)C1CCC(CN)C(N(CCO)C2CCC2)C1. The fourth-order valence-electron chi connectivity index (χ4n) is 4.13. The summed E-state index contributed by atoms with van der Waals surface area (Å²) < 4.78 is 0. The van der Waals surface area contributed by atoms with Gasteiger partial charge in [0, 0.05) is 18.6 Å². The van der Waals surface area contributed by atoms with Crippen LogP contribution in [0.2, 0.25) is 0 Å². The number of rotatable bonds is 5. The summed E-state index contributed by atoms with van der Waals surface area (Å²) >= 11 is 0. The van der Waals surface area contributed by atoms with Crippen molar-refractivity contribution in [2.75, 3.05) is 19.7 Å². The molecule has 0 spiro atoms. The van der Waals surface area contributed by atoms with Crippen LogP contribution < -0.4 is 5.73 Å². The third-order valence-corrected chi connectivity index (χ3v) is 5.81. The first kappa shape index (κ1) is 16.3. The second kappa shape index (κ2) is 6.76. The molecule has 0 aliphatic heterocycles. The Morgan fingerprint density at radius 1 is 1.15 bits per heavy atom.